The minimum absolute atomic E-state index is 0.0153. The van der Waals surface area contributed by atoms with E-state index in [9.17, 15) is 12.8 Å². The van der Waals surface area contributed by atoms with Crippen LogP contribution in [0, 0.1) is 5.82 Å². The molecule has 0 saturated carbocycles. The molecule has 1 aromatic heterocycles. The van der Waals surface area contributed by atoms with Crippen molar-refractivity contribution in [3.8, 4) is 0 Å². The second-order valence-electron chi connectivity index (χ2n) is 5.05. The maximum absolute atomic E-state index is 14.0. The first-order valence-electron chi connectivity index (χ1n) is 6.73. The summed E-state index contributed by atoms with van der Waals surface area (Å²) in [6.45, 7) is 0.774. The van der Waals surface area contributed by atoms with Crippen molar-refractivity contribution < 1.29 is 22.1 Å². The third kappa shape index (κ3) is 2.84. The van der Waals surface area contributed by atoms with Gasteiger partial charge in [-0.25, -0.2) is 12.8 Å². The van der Waals surface area contributed by atoms with E-state index in [1.54, 1.807) is 6.07 Å². The molecule has 0 aliphatic carbocycles. The standard InChI is InChI=1S/C14H15FN2O4S/c1-22(18,19)17(13-5-3-2-4-11(13)15)8-12-10-9-20-7-6-14(10)21-16-12/h2-5H,6-9H2,1H3. The van der Waals surface area contributed by atoms with Gasteiger partial charge in [0.1, 0.15) is 17.3 Å². The number of hydrogen-bond acceptors (Lipinski definition) is 5. The molecule has 8 heteroatoms. The SMILES string of the molecule is CS(=O)(=O)N(Cc1noc2c1COCC2)c1ccccc1F. The molecule has 1 aliphatic rings. The molecule has 0 N–H and O–H groups in total. The smallest absolute Gasteiger partial charge is 0.232 e. The number of halogens is 1. The van der Waals surface area contributed by atoms with E-state index in [1.165, 1.54) is 18.2 Å². The van der Waals surface area contributed by atoms with Gasteiger partial charge in [0.05, 0.1) is 31.7 Å². The van der Waals surface area contributed by atoms with Crippen LogP contribution >= 0.6 is 0 Å². The quantitative estimate of drug-likeness (QED) is 0.857. The molecule has 0 spiro atoms. The molecule has 3 rings (SSSR count). The van der Waals surface area contributed by atoms with Crippen molar-refractivity contribution in [2.75, 3.05) is 17.2 Å². The molecule has 0 radical (unpaired) electrons. The zero-order valence-corrected chi connectivity index (χ0v) is 12.8. The van der Waals surface area contributed by atoms with Crippen molar-refractivity contribution in [1.29, 1.82) is 0 Å². The lowest BCUT2D eigenvalue weighted by Crippen LogP contribution is -2.30. The van der Waals surface area contributed by atoms with Crippen molar-refractivity contribution in [3.05, 3.63) is 47.1 Å². The molecule has 1 aliphatic heterocycles. The summed E-state index contributed by atoms with van der Waals surface area (Å²) in [5.74, 6) is 0.0878. The molecule has 22 heavy (non-hydrogen) atoms. The second-order valence-corrected chi connectivity index (χ2v) is 6.96. The summed E-state index contributed by atoms with van der Waals surface area (Å²) in [6, 6.07) is 5.72. The van der Waals surface area contributed by atoms with E-state index >= 15 is 0 Å². The molecule has 6 nitrogen and oxygen atoms in total. The predicted molar refractivity (Wildman–Crippen MR) is 77.3 cm³/mol. The van der Waals surface area contributed by atoms with Crippen LogP contribution < -0.4 is 4.31 Å². The summed E-state index contributed by atoms with van der Waals surface area (Å²) in [5.41, 5.74) is 1.18. The Morgan fingerprint density at radius 2 is 2.14 bits per heavy atom. The van der Waals surface area contributed by atoms with Gasteiger partial charge in [0.25, 0.3) is 0 Å². The Bertz CT molecular complexity index is 788. The fourth-order valence-corrected chi connectivity index (χ4v) is 3.24. The van der Waals surface area contributed by atoms with Crippen molar-refractivity contribution in [1.82, 2.24) is 5.16 Å². The van der Waals surface area contributed by atoms with E-state index in [0.29, 0.717) is 31.1 Å². The van der Waals surface area contributed by atoms with Gasteiger partial charge in [-0.2, -0.15) is 0 Å². The number of ether oxygens (including phenoxy) is 1. The molecule has 1 aromatic carbocycles. The number of benzene rings is 1. The Balaban J connectivity index is 1.99. The van der Waals surface area contributed by atoms with Gasteiger partial charge in [0, 0.05) is 12.0 Å². The Kier molecular flexibility index (Phi) is 3.88. The average Bonchev–Trinajstić information content (AvgIpc) is 2.88. The number of anilines is 1. The van der Waals surface area contributed by atoms with E-state index in [2.05, 4.69) is 5.16 Å². The van der Waals surface area contributed by atoms with Crippen LogP contribution in [0.2, 0.25) is 0 Å². The van der Waals surface area contributed by atoms with Crippen LogP contribution in [0.3, 0.4) is 0 Å². The highest BCUT2D eigenvalue weighted by molar-refractivity contribution is 7.92. The number of aromatic nitrogens is 1. The van der Waals surface area contributed by atoms with Crippen LogP contribution in [0.25, 0.3) is 0 Å². The summed E-state index contributed by atoms with van der Waals surface area (Å²) >= 11 is 0. The van der Waals surface area contributed by atoms with Crippen LogP contribution in [0.1, 0.15) is 17.0 Å². The lowest BCUT2D eigenvalue weighted by molar-refractivity contribution is 0.102. The Labute approximate surface area is 127 Å². The largest absolute Gasteiger partial charge is 0.376 e. The summed E-state index contributed by atoms with van der Waals surface area (Å²) < 4.78 is 49.6. The molecule has 0 unspecified atom stereocenters. The Morgan fingerprint density at radius 1 is 1.36 bits per heavy atom. The topological polar surface area (TPSA) is 72.6 Å². The van der Waals surface area contributed by atoms with E-state index in [-0.39, 0.29) is 12.2 Å². The lowest BCUT2D eigenvalue weighted by atomic mass is 10.1. The monoisotopic (exact) mass is 326 g/mol. The van der Waals surface area contributed by atoms with Crippen molar-refractivity contribution >= 4 is 15.7 Å². The summed E-state index contributed by atoms with van der Waals surface area (Å²) in [4.78, 5) is 0. The third-order valence-electron chi connectivity index (χ3n) is 3.49. The molecule has 0 fully saturated rings. The highest BCUT2D eigenvalue weighted by Gasteiger charge is 2.26. The second kappa shape index (κ2) is 5.69. The van der Waals surface area contributed by atoms with Gasteiger partial charge in [-0.05, 0) is 12.1 Å². The maximum Gasteiger partial charge on any atom is 0.232 e. The van der Waals surface area contributed by atoms with Crippen LogP contribution in [0.4, 0.5) is 10.1 Å². The highest BCUT2D eigenvalue weighted by atomic mass is 32.2. The number of rotatable bonds is 4. The molecule has 2 aromatic rings. The molecular formula is C14H15FN2O4S. The van der Waals surface area contributed by atoms with Gasteiger partial charge >= 0.3 is 0 Å². The first kappa shape index (κ1) is 15.0. The first-order valence-corrected chi connectivity index (χ1v) is 8.58. The van der Waals surface area contributed by atoms with Crippen molar-refractivity contribution in [2.24, 2.45) is 0 Å². The zero-order valence-electron chi connectivity index (χ0n) is 12.0. The number of nitrogens with zero attached hydrogens (tertiary/aromatic N) is 2. The van der Waals surface area contributed by atoms with Crippen LogP contribution in [-0.4, -0.2) is 26.4 Å². The summed E-state index contributed by atoms with van der Waals surface area (Å²) in [7, 11) is -3.67. The fourth-order valence-electron chi connectivity index (χ4n) is 2.38. The van der Waals surface area contributed by atoms with E-state index < -0.39 is 15.8 Å². The fraction of sp³-hybridized carbons (Fsp3) is 0.357. The highest BCUT2D eigenvalue weighted by Crippen LogP contribution is 2.27. The lowest BCUT2D eigenvalue weighted by Gasteiger charge is -2.22. The van der Waals surface area contributed by atoms with Gasteiger partial charge in [0.15, 0.2) is 0 Å². The van der Waals surface area contributed by atoms with Gasteiger partial charge in [-0.3, -0.25) is 4.31 Å². The molecule has 2 heterocycles. The molecule has 0 atom stereocenters. The van der Waals surface area contributed by atoms with Gasteiger partial charge < -0.3 is 9.26 Å². The summed E-state index contributed by atoms with van der Waals surface area (Å²) in [5, 5.41) is 3.92. The van der Waals surface area contributed by atoms with Crippen molar-refractivity contribution in [3.63, 3.8) is 0 Å². The molecule has 0 amide bonds. The zero-order chi connectivity index (χ0) is 15.7. The van der Waals surface area contributed by atoms with Gasteiger partial charge in [0.2, 0.25) is 10.0 Å². The molecular weight excluding hydrogens is 311 g/mol. The molecule has 0 saturated heterocycles. The number of hydrogen-bond donors (Lipinski definition) is 0. The summed E-state index contributed by atoms with van der Waals surface area (Å²) in [6.07, 6.45) is 1.63. The Hall–Kier alpha value is -1.93. The number of para-hydroxylation sites is 1. The number of fused-ring (bicyclic) bond motifs is 1. The minimum Gasteiger partial charge on any atom is -0.376 e. The number of sulfonamides is 1. The van der Waals surface area contributed by atoms with Crippen LogP contribution in [-0.2, 0) is 34.3 Å². The average molecular weight is 326 g/mol. The van der Waals surface area contributed by atoms with E-state index in [4.69, 9.17) is 9.26 Å². The van der Waals surface area contributed by atoms with Gasteiger partial charge in [-0.15, -0.1) is 0 Å². The minimum atomic E-state index is -3.67. The first-order chi connectivity index (χ1) is 10.5. The molecule has 0 bridgehead atoms. The van der Waals surface area contributed by atoms with E-state index in [0.717, 1.165) is 16.1 Å². The maximum atomic E-state index is 14.0. The van der Waals surface area contributed by atoms with Gasteiger partial charge in [-0.1, -0.05) is 17.3 Å². The Morgan fingerprint density at radius 3 is 2.86 bits per heavy atom. The normalized spacial score (nSPS) is 14.6. The van der Waals surface area contributed by atoms with Crippen LogP contribution in [0.15, 0.2) is 28.8 Å². The molecule has 118 valence electrons. The van der Waals surface area contributed by atoms with E-state index in [1.807, 2.05) is 0 Å². The predicted octanol–water partition coefficient (Wildman–Crippen LogP) is 1.85. The van der Waals surface area contributed by atoms with Crippen molar-refractivity contribution in [2.45, 2.75) is 19.6 Å². The van der Waals surface area contributed by atoms with Crippen LogP contribution in [0.5, 0.6) is 0 Å². The third-order valence-corrected chi connectivity index (χ3v) is 4.61.